The van der Waals surface area contributed by atoms with E-state index in [1.54, 1.807) is 18.3 Å². The minimum atomic E-state index is -2.89. The summed E-state index contributed by atoms with van der Waals surface area (Å²) in [7, 11) is 0. The van der Waals surface area contributed by atoms with Crippen LogP contribution in [-0.4, -0.2) is 69.4 Å². The van der Waals surface area contributed by atoms with Crippen molar-refractivity contribution in [1.29, 1.82) is 0 Å². The molecule has 1 N–H and O–H groups in total. The zero-order valence-electron chi connectivity index (χ0n) is 13.1. The number of likely N-dealkylation sites (tertiary alicyclic amines) is 2. The number of aliphatic hydroxyl groups is 1. The lowest BCUT2D eigenvalue weighted by Gasteiger charge is -2.48. The summed E-state index contributed by atoms with van der Waals surface area (Å²) in [5.74, 6) is -0.664. The van der Waals surface area contributed by atoms with E-state index in [0.29, 0.717) is 18.5 Å². The van der Waals surface area contributed by atoms with Crippen molar-refractivity contribution in [3.8, 4) is 0 Å². The van der Waals surface area contributed by atoms with E-state index in [4.69, 9.17) is 0 Å². The van der Waals surface area contributed by atoms with Gasteiger partial charge in [0.05, 0.1) is 18.7 Å². The van der Waals surface area contributed by atoms with Gasteiger partial charge in [-0.2, -0.15) is 0 Å². The highest BCUT2D eigenvalue weighted by Crippen LogP contribution is 2.30. The lowest BCUT2D eigenvalue weighted by atomic mass is 9.91. The van der Waals surface area contributed by atoms with Gasteiger partial charge in [0.25, 0.3) is 12.3 Å². The van der Waals surface area contributed by atoms with Crippen LogP contribution in [0.1, 0.15) is 29.6 Å². The summed E-state index contributed by atoms with van der Waals surface area (Å²) in [5, 5.41) is 9.63. The third-order valence-electron chi connectivity index (χ3n) is 4.60. The number of alkyl halides is 2. The molecule has 1 aromatic heterocycles. The first kappa shape index (κ1) is 16.8. The Morgan fingerprint density at radius 3 is 2.71 bits per heavy atom. The molecule has 1 aromatic rings. The van der Waals surface area contributed by atoms with Crippen LogP contribution in [0.2, 0.25) is 0 Å². The van der Waals surface area contributed by atoms with Gasteiger partial charge in [-0.3, -0.25) is 14.6 Å². The van der Waals surface area contributed by atoms with Gasteiger partial charge in [-0.25, -0.2) is 8.78 Å². The Morgan fingerprint density at radius 1 is 1.33 bits per heavy atom. The topological polar surface area (TPSA) is 73.7 Å². The van der Waals surface area contributed by atoms with Crippen molar-refractivity contribution in [3.63, 3.8) is 0 Å². The Bertz CT molecular complexity index is 620. The molecule has 1 atom stereocenters. The minimum Gasteiger partial charge on any atom is -0.380 e. The molecule has 0 bridgehead atoms. The van der Waals surface area contributed by atoms with Gasteiger partial charge in [0.15, 0.2) is 5.60 Å². The molecule has 8 heteroatoms. The number of aromatic nitrogens is 1. The van der Waals surface area contributed by atoms with Crippen molar-refractivity contribution in [3.05, 3.63) is 30.1 Å². The molecule has 24 heavy (non-hydrogen) atoms. The van der Waals surface area contributed by atoms with Crippen molar-refractivity contribution in [2.75, 3.05) is 19.6 Å². The summed E-state index contributed by atoms with van der Waals surface area (Å²) in [6.45, 7) is -0.346. The maximum absolute atomic E-state index is 12.7. The molecule has 3 rings (SSSR count). The van der Waals surface area contributed by atoms with Gasteiger partial charge in [0.1, 0.15) is 6.04 Å². The van der Waals surface area contributed by atoms with E-state index in [-0.39, 0.29) is 11.8 Å². The van der Waals surface area contributed by atoms with Crippen molar-refractivity contribution in [1.82, 2.24) is 14.8 Å². The van der Waals surface area contributed by atoms with Crippen LogP contribution in [0.15, 0.2) is 24.5 Å². The molecule has 0 spiro atoms. The zero-order chi connectivity index (χ0) is 17.3. The molecule has 2 saturated heterocycles. The first-order valence-electron chi connectivity index (χ1n) is 7.93. The van der Waals surface area contributed by atoms with Gasteiger partial charge < -0.3 is 14.9 Å². The molecule has 0 aliphatic carbocycles. The van der Waals surface area contributed by atoms with Crippen molar-refractivity contribution in [2.24, 2.45) is 0 Å². The summed E-state index contributed by atoms with van der Waals surface area (Å²) in [4.78, 5) is 31.8. The Hall–Kier alpha value is -2.09. The number of β-amino-alcohol motifs (C(OH)–C–C–N with tert-alkyl or cyclic N) is 1. The van der Waals surface area contributed by atoms with Crippen molar-refractivity contribution >= 4 is 11.8 Å². The summed E-state index contributed by atoms with van der Waals surface area (Å²) in [6, 6.07) is 2.60. The number of pyridine rings is 1. The molecule has 2 aliphatic rings. The molecule has 6 nitrogen and oxygen atoms in total. The van der Waals surface area contributed by atoms with Crippen LogP contribution >= 0.6 is 0 Å². The van der Waals surface area contributed by atoms with Gasteiger partial charge >= 0.3 is 0 Å². The summed E-state index contributed by atoms with van der Waals surface area (Å²) < 4.78 is 25.4. The Balaban J connectivity index is 1.71. The lowest BCUT2D eigenvalue weighted by molar-refractivity contribution is -0.192. The van der Waals surface area contributed by atoms with Crippen LogP contribution < -0.4 is 0 Å². The fraction of sp³-hybridized carbons (Fsp3) is 0.562. The van der Waals surface area contributed by atoms with E-state index in [9.17, 15) is 23.5 Å². The number of hydrogen-bond acceptors (Lipinski definition) is 4. The molecule has 0 radical (unpaired) electrons. The predicted molar refractivity (Wildman–Crippen MR) is 80.4 cm³/mol. The summed E-state index contributed by atoms with van der Waals surface area (Å²) in [5.41, 5.74) is -1.73. The van der Waals surface area contributed by atoms with E-state index in [1.807, 2.05) is 0 Å². The minimum absolute atomic E-state index is 0.286. The number of hydrogen-bond donors (Lipinski definition) is 1. The van der Waals surface area contributed by atoms with Gasteiger partial charge in [-0.15, -0.1) is 0 Å². The Morgan fingerprint density at radius 2 is 2.08 bits per heavy atom. The molecule has 0 aromatic carbocycles. The fourth-order valence-electron chi connectivity index (χ4n) is 3.21. The number of carbonyl (C=O) groups excluding carboxylic acids is 2. The number of piperidine rings is 1. The van der Waals surface area contributed by atoms with Crippen LogP contribution in [0.4, 0.5) is 8.78 Å². The highest BCUT2D eigenvalue weighted by Gasteiger charge is 2.52. The molecule has 2 fully saturated rings. The molecular weight excluding hydrogens is 320 g/mol. The monoisotopic (exact) mass is 339 g/mol. The molecule has 130 valence electrons. The highest BCUT2D eigenvalue weighted by atomic mass is 19.3. The van der Waals surface area contributed by atoms with Crippen LogP contribution in [-0.2, 0) is 4.79 Å². The number of carbonyl (C=O) groups is 2. The normalized spacial score (nSPS) is 23.1. The third kappa shape index (κ3) is 2.98. The number of amides is 2. The Labute approximate surface area is 138 Å². The van der Waals surface area contributed by atoms with Crippen molar-refractivity contribution in [2.45, 2.75) is 37.3 Å². The molecule has 2 amide bonds. The highest BCUT2D eigenvalue weighted by molar-refractivity contribution is 5.97. The van der Waals surface area contributed by atoms with Crippen molar-refractivity contribution < 1.29 is 23.5 Å². The van der Waals surface area contributed by atoms with Gasteiger partial charge in [0, 0.05) is 18.9 Å². The second kappa shape index (κ2) is 6.43. The maximum atomic E-state index is 12.7. The number of rotatable bonds is 3. The van der Waals surface area contributed by atoms with E-state index in [1.165, 1.54) is 16.0 Å². The third-order valence-corrected chi connectivity index (χ3v) is 4.60. The quantitative estimate of drug-likeness (QED) is 0.889. The molecule has 1 unspecified atom stereocenters. The Kier molecular flexibility index (Phi) is 4.49. The summed E-state index contributed by atoms with van der Waals surface area (Å²) in [6.07, 6.45) is 2.19. The lowest BCUT2D eigenvalue weighted by Crippen LogP contribution is -2.69. The fourth-order valence-corrected chi connectivity index (χ4v) is 3.21. The van der Waals surface area contributed by atoms with Crippen LogP contribution in [0, 0.1) is 0 Å². The molecule has 2 aliphatic heterocycles. The molecule has 0 saturated carbocycles. The maximum Gasteiger partial charge on any atom is 0.270 e. The number of nitrogens with zero attached hydrogens (tertiary/aromatic N) is 3. The van der Waals surface area contributed by atoms with E-state index in [0.717, 1.165) is 12.8 Å². The van der Waals surface area contributed by atoms with Gasteiger partial charge in [0.2, 0.25) is 5.91 Å². The molecule has 3 heterocycles. The number of halogens is 2. The van der Waals surface area contributed by atoms with E-state index >= 15 is 0 Å². The second-order valence-electron chi connectivity index (χ2n) is 6.35. The second-order valence-corrected chi connectivity index (χ2v) is 6.35. The predicted octanol–water partition coefficient (Wildman–Crippen LogP) is 0.915. The smallest absolute Gasteiger partial charge is 0.270 e. The van der Waals surface area contributed by atoms with E-state index in [2.05, 4.69) is 4.98 Å². The SMILES string of the molecule is O=C(C1CCCCN1C(=O)c1cccnc1)N1CC(O)(C(F)F)C1. The average Bonchev–Trinajstić information content (AvgIpc) is 2.58. The van der Waals surface area contributed by atoms with Gasteiger partial charge in [-0.1, -0.05) is 0 Å². The van der Waals surface area contributed by atoms with Crippen LogP contribution in [0.3, 0.4) is 0 Å². The largest absolute Gasteiger partial charge is 0.380 e. The van der Waals surface area contributed by atoms with Gasteiger partial charge in [-0.05, 0) is 31.4 Å². The van der Waals surface area contributed by atoms with Crippen LogP contribution in [0.25, 0.3) is 0 Å². The first-order chi connectivity index (χ1) is 11.4. The first-order valence-corrected chi connectivity index (χ1v) is 7.93. The zero-order valence-corrected chi connectivity index (χ0v) is 13.1. The molecular formula is C16H19F2N3O3. The van der Waals surface area contributed by atoms with E-state index < -0.39 is 31.2 Å². The van der Waals surface area contributed by atoms with Crippen LogP contribution in [0.5, 0.6) is 0 Å². The average molecular weight is 339 g/mol. The summed E-state index contributed by atoms with van der Waals surface area (Å²) >= 11 is 0. The standard InChI is InChI=1S/C16H19F2N3O3/c17-15(18)16(24)9-20(10-16)14(23)12-5-1-2-7-21(12)13(22)11-4-3-6-19-8-11/h3-4,6,8,12,15,24H,1-2,5,7,9-10H2.